The van der Waals surface area contributed by atoms with Gasteiger partial charge in [-0.05, 0) is 89.9 Å². The van der Waals surface area contributed by atoms with Crippen molar-refractivity contribution in [3.63, 3.8) is 0 Å². The Balaban J connectivity index is 1.34. The molecule has 0 spiro atoms. The van der Waals surface area contributed by atoms with Gasteiger partial charge in [0.1, 0.15) is 17.2 Å². The summed E-state index contributed by atoms with van der Waals surface area (Å²) in [6.45, 7) is 12.8. The van der Waals surface area contributed by atoms with Crippen molar-refractivity contribution in [3.05, 3.63) is 111 Å². The van der Waals surface area contributed by atoms with Crippen LogP contribution in [-0.4, -0.2) is 43.3 Å². The summed E-state index contributed by atoms with van der Waals surface area (Å²) in [5, 5.41) is 19.6. The summed E-state index contributed by atoms with van der Waals surface area (Å²) in [4.78, 5) is 40.5. The molecule has 11 nitrogen and oxygen atoms in total. The molecule has 1 aliphatic rings. The minimum Gasteiger partial charge on any atom is -0.497 e. The molecule has 0 fully saturated rings. The Bertz CT molecular complexity index is 2130. The van der Waals surface area contributed by atoms with Gasteiger partial charge in [0.2, 0.25) is 6.04 Å². The van der Waals surface area contributed by atoms with Gasteiger partial charge < -0.3 is 20.1 Å². The van der Waals surface area contributed by atoms with E-state index in [1.54, 1.807) is 42.5 Å². The summed E-state index contributed by atoms with van der Waals surface area (Å²) in [6.07, 6.45) is 1.86. The molecule has 0 bridgehead atoms. The van der Waals surface area contributed by atoms with Crippen molar-refractivity contribution in [2.24, 2.45) is 15.3 Å². The van der Waals surface area contributed by atoms with E-state index in [0.717, 1.165) is 23.4 Å². The molecule has 1 aliphatic heterocycles. The summed E-state index contributed by atoms with van der Waals surface area (Å²) >= 11 is 19.0. The van der Waals surface area contributed by atoms with Crippen LogP contribution in [0.2, 0.25) is 15.1 Å². The number of hydrogen-bond donors (Lipinski definition) is 2. The molecule has 288 valence electrons. The van der Waals surface area contributed by atoms with E-state index in [-0.39, 0.29) is 49.6 Å². The number of carbonyl (C=O) groups is 3. The van der Waals surface area contributed by atoms with Crippen molar-refractivity contribution in [2.45, 2.75) is 71.3 Å². The number of methoxy groups -OCH3 is 1. The molecule has 0 aromatic heterocycles. The van der Waals surface area contributed by atoms with Crippen LogP contribution >= 0.6 is 34.8 Å². The van der Waals surface area contributed by atoms with Crippen LogP contribution in [-0.2, 0) is 20.4 Å². The summed E-state index contributed by atoms with van der Waals surface area (Å²) in [6, 6.07) is 20.6. The van der Waals surface area contributed by atoms with Crippen LogP contribution in [0.25, 0.3) is 0 Å². The quantitative estimate of drug-likeness (QED) is 0.130. The minimum atomic E-state index is -1.36. The topological polar surface area (TPSA) is 134 Å². The van der Waals surface area contributed by atoms with Crippen LogP contribution in [0.1, 0.15) is 75.9 Å². The molecule has 1 atom stereocenters. The third kappa shape index (κ3) is 9.65. The van der Waals surface area contributed by atoms with Gasteiger partial charge in [-0.15, -0.1) is 5.10 Å². The molecule has 55 heavy (non-hydrogen) atoms. The van der Waals surface area contributed by atoms with Gasteiger partial charge in [0, 0.05) is 21.8 Å². The van der Waals surface area contributed by atoms with Gasteiger partial charge in [-0.2, -0.15) is 15.2 Å². The Kier molecular flexibility index (Phi) is 12.9. The first kappa shape index (κ1) is 41.2. The van der Waals surface area contributed by atoms with Crippen LogP contribution < -0.4 is 25.1 Å². The average Bonchev–Trinajstić information content (AvgIpc) is 3.45. The zero-order valence-corrected chi connectivity index (χ0v) is 33.9. The van der Waals surface area contributed by atoms with Gasteiger partial charge in [-0.1, -0.05) is 94.5 Å². The van der Waals surface area contributed by atoms with Gasteiger partial charge in [-0.3, -0.25) is 14.4 Å². The van der Waals surface area contributed by atoms with Crippen molar-refractivity contribution >= 4 is 75.4 Å². The Hall–Kier alpha value is -4.97. The number of amides is 3. The molecular formula is C41H43Cl3N6O5. The number of hydrazone groups is 1. The van der Waals surface area contributed by atoms with Gasteiger partial charge in [0.05, 0.1) is 22.8 Å². The summed E-state index contributed by atoms with van der Waals surface area (Å²) in [7, 11) is 1.54. The Morgan fingerprint density at radius 3 is 2.18 bits per heavy atom. The Labute approximate surface area is 336 Å². The third-order valence-electron chi connectivity index (χ3n) is 9.73. The lowest BCUT2D eigenvalue weighted by molar-refractivity contribution is -0.118. The number of nitrogens with zero attached hydrogens (tertiary/aromatic N) is 4. The molecule has 0 unspecified atom stereocenters. The fourth-order valence-corrected chi connectivity index (χ4v) is 6.56. The van der Waals surface area contributed by atoms with Crippen molar-refractivity contribution in [3.8, 4) is 11.5 Å². The Morgan fingerprint density at radius 1 is 0.873 bits per heavy atom. The maximum absolute atomic E-state index is 13.7. The van der Waals surface area contributed by atoms with Crippen LogP contribution in [0.15, 0.2) is 94.2 Å². The first-order valence-corrected chi connectivity index (χ1v) is 18.8. The lowest BCUT2D eigenvalue weighted by atomic mass is 9.76. The van der Waals surface area contributed by atoms with Crippen molar-refractivity contribution in [2.75, 3.05) is 24.0 Å². The predicted octanol–water partition coefficient (Wildman–Crippen LogP) is 10.3. The van der Waals surface area contributed by atoms with Crippen molar-refractivity contribution in [1.82, 2.24) is 5.32 Å². The van der Waals surface area contributed by atoms with Gasteiger partial charge >= 0.3 is 0 Å². The number of carbonyl (C=O) groups excluding carboxylic acids is 3. The number of nitrogens with one attached hydrogen (secondary N) is 2. The number of anilines is 2. The Morgan fingerprint density at radius 2 is 1.55 bits per heavy atom. The fourth-order valence-electron chi connectivity index (χ4n) is 5.58. The molecule has 1 heterocycles. The first-order valence-electron chi connectivity index (χ1n) is 17.7. The number of ether oxygens (including phenoxy) is 2. The summed E-state index contributed by atoms with van der Waals surface area (Å²) in [5.41, 5.74) is 3.07. The highest BCUT2D eigenvalue weighted by Gasteiger charge is 2.40. The zero-order chi connectivity index (χ0) is 40.1. The van der Waals surface area contributed by atoms with E-state index in [0.29, 0.717) is 22.9 Å². The maximum Gasteiger partial charge on any atom is 0.282 e. The van der Waals surface area contributed by atoms with Gasteiger partial charge in [-0.25, -0.2) is 0 Å². The first-order chi connectivity index (χ1) is 26.1. The average molecular weight is 806 g/mol. The normalized spacial score (nSPS) is 14.6. The molecule has 4 aromatic carbocycles. The number of amidine groups is 1. The highest BCUT2D eigenvalue weighted by molar-refractivity contribution is 6.43. The van der Waals surface area contributed by atoms with Crippen molar-refractivity contribution < 1.29 is 23.9 Å². The zero-order valence-electron chi connectivity index (χ0n) is 31.7. The molecular weight excluding hydrogens is 763 g/mol. The van der Waals surface area contributed by atoms with Crippen LogP contribution in [0.5, 0.6) is 11.5 Å². The minimum absolute atomic E-state index is 0.00846. The largest absolute Gasteiger partial charge is 0.497 e. The highest BCUT2D eigenvalue weighted by Crippen LogP contribution is 2.40. The van der Waals surface area contributed by atoms with Crippen LogP contribution in [0.4, 0.5) is 17.1 Å². The molecule has 0 saturated carbocycles. The second kappa shape index (κ2) is 17.2. The lowest BCUT2D eigenvalue weighted by Crippen LogP contribution is -2.39. The monoisotopic (exact) mass is 804 g/mol. The van der Waals surface area contributed by atoms with E-state index in [2.05, 4.69) is 79.6 Å². The molecule has 5 rings (SSSR count). The smallest absolute Gasteiger partial charge is 0.282 e. The van der Waals surface area contributed by atoms with E-state index in [1.807, 2.05) is 6.07 Å². The molecule has 0 saturated heterocycles. The lowest BCUT2D eigenvalue weighted by Gasteiger charge is -2.30. The molecule has 2 N–H and O–H groups in total. The van der Waals surface area contributed by atoms with E-state index < -0.39 is 23.8 Å². The second-order valence-corrected chi connectivity index (χ2v) is 15.5. The molecule has 3 amide bonds. The number of benzene rings is 4. The highest BCUT2D eigenvalue weighted by atomic mass is 35.5. The molecule has 14 heteroatoms. The maximum atomic E-state index is 13.7. The summed E-state index contributed by atoms with van der Waals surface area (Å²) < 4.78 is 11.3. The molecule has 0 aliphatic carbocycles. The number of halogens is 3. The van der Waals surface area contributed by atoms with E-state index in [4.69, 9.17) is 44.3 Å². The standard InChI is InChI=1S/C41H43Cl3N6O5/c1-8-40(3,4)25-13-18-33(30(20-25)41(5,6)9-2)55-23-34(51)45-28-12-10-11-24(19-28)38(52)46-37-35(48-47-27-14-16-29(54-7)17-15-27)39(53)50(49-37)36-31(43)21-26(42)22-32(36)44/h10-22,35H,8-9,23H2,1-7H3,(H,45,51)(H,46,49,52)/t35-/m1/s1. The fraction of sp³-hybridized carbons (Fsp3) is 0.317. The van der Waals surface area contributed by atoms with Crippen molar-refractivity contribution in [1.29, 1.82) is 0 Å². The second-order valence-electron chi connectivity index (χ2n) is 14.2. The number of rotatable bonds is 13. The number of hydrogen-bond acceptors (Lipinski definition) is 8. The molecule has 0 radical (unpaired) electrons. The SMILES string of the molecule is CCC(C)(C)c1ccc(OCC(=O)Nc2cccc(C(=O)NC3=NN(c4c(Cl)cc(Cl)cc4Cl)C(=O)[C@@H]3N=Nc3ccc(OC)cc3)c2)c(C(C)(C)CC)c1. The number of azo groups is 1. The van der Waals surface area contributed by atoms with E-state index in [9.17, 15) is 14.4 Å². The van der Waals surface area contributed by atoms with E-state index in [1.165, 1.54) is 30.9 Å². The van der Waals surface area contributed by atoms with Gasteiger partial charge in [0.25, 0.3) is 17.7 Å². The summed E-state index contributed by atoms with van der Waals surface area (Å²) in [5.74, 6) is -0.578. The van der Waals surface area contributed by atoms with E-state index >= 15 is 0 Å². The molecule has 4 aromatic rings. The van der Waals surface area contributed by atoms with Crippen LogP contribution in [0, 0.1) is 0 Å². The third-order valence-corrected chi connectivity index (χ3v) is 10.5. The van der Waals surface area contributed by atoms with Gasteiger partial charge in [0.15, 0.2) is 12.4 Å². The van der Waals surface area contributed by atoms with Crippen LogP contribution in [0.3, 0.4) is 0 Å². The predicted molar refractivity (Wildman–Crippen MR) is 219 cm³/mol.